The molecule has 0 spiro atoms. The third kappa shape index (κ3) is 5.18. The minimum Gasteiger partial charge on any atom is -0.714 e. The van der Waals surface area contributed by atoms with Gasteiger partial charge in [-0.15, -0.1) is 5.06 Å². The summed E-state index contributed by atoms with van der Waals surface area (Å²) in [6, 6.07) is 6.11. The van der Waals surface area contributed by atoms with E-state index in [1.807, 2.05) is 0 Å². The second kappa shape index (κ2) is 9.68. The summed E-state index contributed by atoms with van der Waals surface area (Å²) in [6.07, 6.45) is 3.57. The number of rotatable bonds is 10. The molecule has 172 valence electrons. The minimum atomic E-state index is -0.825. The lowest BCUT2D eigenvalue weighted by atomic mass is 9.84. The van der Waals surface area contributed by atoms with Crippen LogP contribution in [-0.4, -0.2) is 56.3 Å². The van der Waals surface area contributed by atoms with Crippen LogP contribution >= 0.6 is 0 Å². The number of carbonyl (C=O) groups is 2. The molecule has 8 heteroatoms. The maximum absolute atomic E-state index is 12.8. The van der Waals surface area contributed by atoms with Crippen LogP contribution in [0.15, 0.2) is 24.3 Å². The van der Waals surface area contributed by atoms with E-state index in [2.05, 4.69) is 12.2 Å². The number of unbranched alkanes of at least 4 members (excludes halogenated alkanes) is 2. The zero-order valence-corrected chi connectivity index (χ0v) is 19.4. The Morgan fingerprint density at radius 3 is 2.29 bits per heavy atom. The molecule has 0 unspecified atom stereocenters. The highest BCUT2D eigenvalue weighted by atomic mass is 16.5. The van der Waals surface area contributed by atoms with Crippen molar-refractivity contribution in [2.45, 2.75) is 84.3 Å². The van der Waals surface area contributed by atoms with Gasteiger partial charge in [0.1, 0.15) is 11.3 Å². The minimum absolute atomic E-state index is 0.0658. The average molecular weight is 434 g/mol. The summed E-state index contributed by atoms with van der Waals surface area (Å²) in [4.78, 5) is 23.9. The molecule has 0 aromatic heterocycles. The number of nitrogens with zero attached hydrogens (tertiary/aromatic N) is 2. The molecule has 1 aromatic carbocycles. The molecule has 0 aliphatic carbocycles. The quantitative estimate of drug-likeness (QED) is 0.333. The van der Waals surface area contributed by atoms with Crippen molar-refractivity contribution in [1.29, 1.82) is 0 Å². The van der Waals surface area contributed by atoms with Crippen LogP contribution in [0.4, 0.5) is 0 Å². The Labute approximate surface area is 184 Å². The lowest BCUT2D eigenvalue weighted by Gasteiger charge is -2.33. The fourth-order valence-corrected chi connectivity index (χ4v) is 3.42. The first kappa shape index (κ1) is 24.7. The largest absolute Gasteiger partial charge is 0.714 e. The molecule has 1 atom stereocenters. The van der Waals surface area contributed by atoms with Crippen LogP contribution in [0.25, 0.3) is 0 Å². The van der Waals surface area contributed by atoms with Crippen molar-refractivity contribution >= 4 is 17.5 Å². The second-order valence-electron chi connectivity index (χ2n) is 9.09. The van der Waals surface area contributed by atoms with Crippen LogP contribution in [0.5, 0.6) is 5.75 Å². The van der Waals surface area contributed by atoms with Crippen molar-refractivity contribution in [1.82, 2.24) is 10.4 Å². The van der Waals surface area contributed by atoms with Gasteiger partial charge in [-0.1, -0.05) is 26.2 Å². The highest BCUT2D eigenvalue weighted by molar-refractivity contribution is 5.96. The van der Waals surface area contributed by atoms with E-state index in [9.17, 15) is 20.0 Å². The first-order valence-electron chi connectivity index (χ1n) is 10.8. The number of amidine groups is 1. The van der Waals surface area contributed by atoms with Gasteiger partial charge in [-0.05, 0) is 65.3 Å². The van der Waals surface area contributed by atoms with E-state index in [1.165, 1.54) is 6.92 Å². The van der Waals surface area contributed by atoms with E-state index in [0.717, 1.165) is 29.1 Å². The van der Waals surface area contributed by atoms with Crippen LogP contribution in [0.1, 0.15) is 72.8 Å². The van der Waals surface area contributed by atoms with Gasteiger partial charge >= 0.3 is 5.84 Å². The van der Waals surface area contributed by atoms with Gasteiger partial charge in [0.2, 0.25) is 0 Å². The average Bonchev–Trinajstić information content (AvgIpc) is 2.83. The molecule has 0 saturated carbocycles. The summed E-state index contributed by atoms with van der Waals surface area (Å²) in [7, 11) is 0. The van der Waals surface area contributed by atoms with Crippen LogP contribution in [0.2, 0.25) is 0 Å². The van der Waals surface area contributed by atoms with Crippen molar-refractivity contribution in [3.05, 3.63) is 35.0 Å². The molecule has 2 rings (SSSR count). The zero-order valence-electron chi connectivity index (χ0n) is 19.4. The Kier molecular flexibility index (Phi) is 7.70. The standard InChI is InChI=1S/C23H35N3O5/c1-7-8-9-10-19(16(2)27)24-20(28)15-31-18-13-11-17(12-14-18)21-25(29)22(3,4)23(5,6)26(21)30/h11-14,19,29H,7-10,15H2,1-6H3,(H,24,28)/t19-/m0/s1. The van der Waals surface area contributed by atoms with E-state index >= 15 is 0 Å². The number of amides is 1. The van der Waals surface area contributed by atoms with E-state index in [-0.39, 0.29) is 24.1 Å². The van der Waals surface area contributed by atoms with Crippen LogP contribution in [-0.2, 0) is 9.59 Å². The summed E-state index contributed by atoms with van der Waals surface area (Å²) >= 11 is 0. The molecular formula is C23H35N3O5. The molecule has 31 heavy (non-hydrogen) atoms. The van der Waals surface area contributed by atoms with Crippen LogP contribution in [0.3, 0.4) is 0 Å². The monoisotopic (exact) mass is 433 g/mol. The van der Waals surface area contributed by atoms with Crippen LogP contribution < -0.4 is 10.1 Å². The molecule has 1 aliphatic rings. The van der Waals surface area contributed by atoms with Gasteiger partial charge in [0, 0.05) is 0 Å². The fraction of sp³-hybridized carbons (Fsp3) is 0.609. The fourth-order valence-electron chi connectivity index (χ4n) is 3.42. The Balaban J connectivity index is 2.00. The van der Waals surface area contributed by atoms with Crippen molar-refractivity contribution in [3.63, 3.8) is 0 Å². The predicted octanol–water partition coefficient (Wildman–Crippen LogP) is 3.24. The highest BCUT2D eigenvalue weighted by Gasteiger charge is 2.58. The number of nitrogens with one attached hydrogen (secondary N) is 1. The SMILES string of the molecule is CCCCC[C@H](NC(=O)COc1ccc(C2=[N+]([O-])C(C)(C)C(C)(C)N2O)cc1)C(C)=O. The number of hydroxylamine groups is 3. The normalized spacial score (nSPS) is 18.1. The van der Waals surface area contributed by atoms with Crippen molar-refractivity contribution < 1.29 is 24.3 Å². The molecule has 1 aliphatic heterocycles. The number of ether oxygens (including phenoxy) is 1. The Bertz CT molecular complexity index is 830. The Morgan fingerprint density at radius 1 is 1.19 bits per heavy atom. The van der Waals surface area contributed by atoms with Gasteiger partial charge in [-0.3, -0.25) is 14.3 Å². The number of ketones is 1. The summed E-state index contributed by atoms with van der Waals surface area (Å²) in [5, 5.41) is 27.1. The van der Waals surface area contributed by atoms with Gasteiger partial charge in [0.25, 0.3) is 5.91 Å². The smallest absolute Gasteiger partial charge is 0.313 e. The number of hydrogen-bond donors (Lipinski definition) is 2. The van der Waals surface area contributed by atoms with Gasteiger partial charge in [-0.25, -0.2) is 5.21 Å². The summed E-state index contributed by atoms with van der Waals surface area (Å²) in [5.41, 5.74) is -1.06. The molecule has 1 amide bonds. The lowest BCUT2D eigenvalue weighted by molar-refractivity contribution is -0.539. The molecule has 1 aromatic rings. The van der Waals surface area contributed by atoms with Gasteiger partial charge in [0.15, 0.2) is 17.9 Å². The number of carbonyl (C=O) groups excluding carboxylic acids is 2. The summed E-state index contributed by atoms with van der Waals surface area (Å²) in [6.45, 7) is 10.5. The predicted molar refractivity (Wildman–Crippen MR) is 118 cm³/mol. The van der Waals surface area contributed by atoms with E-state index in [1.54, 1.807) is 52.0 Å². The van der Waals surface area contributed by atoms with Crippen LogP contribution in [0, 0.1) is 5.21 Å². The molecule has 0 fully saturated rings. The zero-order chi connectivity index (χ0) is 23.4. The lowest BCUT2D eigenvalue weighted by Crippen LogP contribution is -2.53. The summed E-state index contributed by atoms with van der Waals surface area (Å²) < 4.78 is 6.34. The third-order valence-corrected chi connectivity index (χ3v) is 6.33. The number of Topliss-reactive ketones (excluding diaryl/α,β-unsaturated/α-hetero) is 1. The molecule has 2 N–H and O–H groups in total. The van der Waals surface area contributed by atoms with Gasteiger partial charge < -0.3 is 15.3 Å². The van der Waals surface area contributed by atoms with E-state index in [0.29, 0.717) is 17.7 Å². The van der Waals surface area contributed by atoms with Gasteiger partial charge in [0.05, 0.1) is 11.6 Å². The third-order valence-electron chi connectivity index (χ3n) is 6.33. The van der Waals surface area contributed by atoms with Gasteiger partial charge in [-0.2, -0.15) is 0 Å². The maximum atomic E-state index is 12.8. The van der Waals surface area contributed by atoms with Crippen molar-refractivity contribution in [2.75, 3.05) is 6.61 Å². The Hall–Kier alpha value is -2.61. The van der Waals surface area contributed by atoms with Crippen molar-refractivity contribution in [2.24, 2.45) is 0 Å². The van der Waals surface area contributed by atoms with E-state index < -0.39 is 17.1 Å². The number of hydrogen-bond acceptors (Lipinski definition) is 6. The second-order valence-corrected chi connectivity index (χ2v) is 9.09. The Morgan fingerprint density at radius 2 is 1.81 bits per heavy atom. The molecule has 0 bridgehead atoms. The molecule has 1 heterocycles. The number of benzene rings is 1. The summed E-state index contributed by atoms with van der Waals surface area (Å²) in [5.74, 6) is 0.185. The molecular weight excluding hydrogens is 398 g/mol. The van der Waals surface area contributed by atoms with Crippen molar-refractivity contribution in [3.8, 4) is 5.75 Å². The molecule has 8 nitrogen and oxygen atoms in total. The topological polar surface area (TPSA) is 105 Å². The highest BCUT2D eigenvalue weighted by Crippen LogP contribution is 2.37. The van der Waals surface area contributed by atoms with E-state index in [4.69, 9.17) is 4.74 Å². The first-order valence-corrected chi connectivity index (χ1v) is 10.8. The molecule has 0 saturated heterocycles. The maximum Gasteiger partial charge on any atom is 0.313 e. The molecule has 0 radical (unpaired) electrons. The first-order chi connectivity index (χ1) is 14.4.